The van der Waals surface area contributed by atoms with E-state index < -0.39 is 17.8 Å². The van der Waals surface area contributed by atoms with Gasteiger partial charge in [0.05, 0.1) is 17.1 Å². The number of benzene rings is 2. The molecule has 0 saturated carbocycles. The minimum atomic E-state index is -4.37. The van der Waals surface area contributed by atoms with Crippen molar-refractivity contribution in [3.63, 3.8) is 0 Å². The standard InChI is InChI=1S/C19H15F3N2O/c1-12(13-7-9-14(10-8-13)19(20,21)22)24-18(25)16-4-2-6-17-15(16)5-3-11-23-17/h2-12H,1H3,(H,24,25)/t12-/m1/s1. The van der Waals surface area contributed by atoms with Crippen LogP contribution in [0.25, 0.3) is 10.9 Å². The van der Waals surface area contributed by atoms with Crippen LogP contribution >= 0.6 is 0 Å². The van der Waals surface area contributed by atoms with E-state index >= 15 is 0 Å². The quantitative estimate of drug-likeness (QED) is 0.745. The molecule has 6 heteroatoms. The number of pyridine rings is 1. The number of nitrogens with zero attached hydrogens (tertiary/aromatic N) is 1. The summed E-state index contributed by atoms with van der Waals surface area (Å²) in [6.07, 6.45) is -2.73. The van der Waals surface area contributed by atoms with Crippen LogP contribution in [0.1, 0.15) is 34.5 Å². The third-order valence-electron chi connectivity index (χ3n) is 3.98. The van der Waals surface area contributed by atoms with E-state index in [2.05, 4.69) is 10.3 Å². The summed E-state index contributed by atoms with van der Waals surface area (Å²) >= 11 is 0. The van der Waals surface area contributed by atoms with E-state index in [1.54, 1.807) is 37.4 Å². The molecule has 1 amide bonds. The number of carbonyl (C=O) groups is 1. The van der Waals surface area contributed by atoms with Crippen LogP contribution in [-0.2, 0) is 6.18 Å². The molecule has 0 aliphatic rings. The summed E-state index contributed by atoms with van der Waals surface area (Å²) in [7, 11) is 0. The average molecular weight is 344 g/mol. The lowest BCUT2D eigenvalue weighted by molar-refractivity contribution is -0.137. The second kappa shape index (κ2) is 6.55. The summed E-state index contributed by atoms with van der Waals surface area (Å²) < 4.78 is 37.9. The van der Waals surface area contributed by atoms with Gasteiger partial charge in [-0.15, -0.1) is 0 Å². The first kappa shape index (κ1) is 17.0. The first-order valence-corrected chi connectivity index (χ1v) is 7.68. The summed E-state index contributed by atoms with van der Waals surface area (Å²) in [4.78, 5) is 16.8. The molecule has 0 spiro atoms. The van der Waals surface area contributed by atoms with Gasteiger partial charge in [0.2, 0.25) is 0 Å². The number of carbonyl (C=O) groups excluding carboxylic acids is 1. The van der Waals surface area contributed by atoms with Gasteiger partial charge in [-0.25, -0.2) is 0 Å². The molecule has 1 N–H and O–H groups in total. The Bertz CT molecular complexity index is 899. The second-order valence-corrected chi connectivity index (χ2v) is 5.69. The van der Waals surface area contributed by atoms with Crippen LogP contribution < -0.4 is 5.32 Å². The lowest BCUT2D eigenvalue weighted by Crippen LogP contribution is -2.26. The van der Waals surface area contributed by atoms with Gasteiger partial charge in [-0.05, 0) is 42.8 Å². The van der Waals surface area contributed by atoms with Gasteiger partial charge in [0.1, 0.15) is 0 Å². The van der Waals surface area contributed by atoms with Crippen molar-refractivity contribution >= 4 is 16.8 Å². The van der Waals surface area contributed by atoms with Gasteiger partial charge in [0.25, 0.3) is 5.91 Å². The topological polar surface area (TPSA) is 42.0 Å². The fraction of sp³-hybridized carbons (Fsp3) is 0.158. The molecular weight excluding hydrogens is 329 g/mol. The zero-order valence-electron chi connectivity index (χ0n) is 13.3. The van der Waals surface area contributed by atoms with Crippen LogP contribution in [0.15, 0.2) is 60.8 Å². The van der Waals surface area contributed by atoms with Gasteiger partial charge in [-0.2, -0.15) is 13.2 Å². The van der Waals surface area contributed by atoms with Crippen molar-refractivity contribution in [2.75, 3.05) is 0 Å². The van der Waals surface area contributed by atoms with Gasteiger partial charge in [-0.1, -0.05) is 24.3 Å². The fourth-order valence-corrected chi connectivity index (χ4v) is 2.62. The molecule has 1 aromatic heterocycles. The molecule has 0 fully saturated rings. The third-order valence-corrected chi connectivity index (χ3v) is 3.98. The predicted octanol–water partition coefficient (Wildman–Crippen LogP) is 4.74. The molecule has 25 heavy (non-hydrogen) atoms. The highest BCUT2D eigenvalue weighted by atomic mass is 19.4. The van der Waals surface area contributed by atoms with Crippen LogP contribution in [-0.4, -0.2) is 10.9 Å². The van der Waals surface area contributed by atoms with Gasteiger partial charge < -0.3 is 5.32 Å². The molecule has 0 aliphatic carbocycles. The molecule has 0 bridgehead atoms. The van der Waals surface area contributed by atoms with E-state index in [-0.39, 0.29) is 5.91 Å². The summed E-state index contributed by atoms with van der Waals surface area (Å²) in [5.74, 6) is -0.300. The Kier molecular flexibility index (Phi) is 4.44. The number of aromatic nitrogens is 1. The number of hydrogen-bond donors (Lipinski definition) is 1. The normalized spacial score (nSPS) is 12.8. The highest BCUT2D eigenvalue weighted by Crippen LogP contribution is 2.30. The van der Waals surface area contributed by atoms with E-state index in [9.17, 15) is 18.0 Å². The van der Waals surface area contributed by atoms with Gasteiger partial charge in [0.15, 0.2) is 0 Å². The Balaban J connectivity index is 1.80. The largest absolute Gasteiger partial charge is 0.416 e. The minimum absolute atomic E-state index is 0.300. The molecule has 0 unspecified atom stereocenters. The Labute approximate surface area is 142 Å². The maximum atomic E-state index is 12.6. The zero-order chi connectivity index (χ0) is 18.0. The number of hydrogen-bond acceptors (Lipinski definition) is 2. The lowest BCUT2D eigenvalue weighted by Gasteiger charge is -2.16. The summed E-state index contributed by atoms with van der Waals surface area (Å²) in [5, 5.41) is 3.54. The van der Waals surface area contributed by atoms with E-state index in [4.69, 9.17) is 0 Å². The van der Waals surface area contributed by atoms with Crippen molar-refractivity contribution < 1.29 is 18.0 Å². The first-order chi connectivity index (χ1) is 11.9. The number of halogens is 3. The van der Waals surface area contributed by atoms with E-state index in [0.29, 0.717) is 16.6 Å². The van der Waals surface area contributed by atoms with Crippen molar-refractivity contribution in [2.24, 2.45) is 0 Å². The minimum Gasteiger partial charge on any atom is -0.345 e. The van der Waals surface area contributed by atoms with Crippen molar-refractivity contribution in [1.29, 1.82) is 0 Å². The van der Waals surface area contributed by atoms with E-state index in [1.807, 2.05) is 6.07 Å². The molecule has 3 rings (SSSR count). The summed E-state index contributed by atoms with van der Waals surface area (Å²) in [6.45, 7) is 1.73. The summed E-state index contributed by atoms with van der Waals surface area (Å²) in [5.41, 5.74) is 1.07. The Hall–Kier alpha value is -2.89. The molecule has 3 nitrogen and oxygen atoms in total. The molecule has 2 aromatic carbocycles. The Morgan fingerprint density at radius 2 is 1.76 bits per heavy atom. The van der Waals surface area contributed by atoms with Crippen molar-refractivity contribution in [3.8, 4) is 0 Å². The molecule has 0 saturated heterocycles. The third kappa shape index (κ3) is 3.63. The molecule has 0 aliphatic heterocycles. The van der Waals surface area contributed by atoms with Gasteiger partial charge in [0, 0.05) is 17.1 Å². The maximum absolute atomic E-state index is 12.6. The number of rotatable bonds is 3. The second-order valence-electron chi connectivity index (χ2n) is 5.69. The average Bonchev–Trinajstić information content (AvgIpc) is 2.60. The number of amides is 1. The van der Waals surface area contributed by atoms with Crippen LogP contribution in [0.2, 0.25) is 0 Å². The van der Waals surface area contributed by atoms with Gasteiger partial charge in [-0.3, -0.25) is 9.78 Å². The SMILES string of the molecule is C[C@@H](NC(=O)c1cccc2ncccc12)c1ccc(C(F)(F)F)cc1. The fourth-order valence-electron chi connectivity index (χ4n) is 2.62. The van der Waals surface area contributed by atoms with Crippen LogP contribution in [0.3, 0.4) is 0 Å². The monoisotopic (exact) mass is 344 g/mol. The van der Waals surface area contributed by atoms with E-state index in [0.717, 1.165) is 17.5 Å². The number of alkyl halides is 3. The molecule has 1 heterocycles. The predicted molar refractivity (Wildman–Crippen MR) is 89.1 cm³/mol. The van der Waals surface area contributed by atoms with Crippen LogP contribution in [0.5, 0.6) is 0 Å². The molecule has 0 radical (unpaired) electrons. The van der Waals surface area contributed by atoms with E-state index in [1.165, 1.54) is 12.1 Å². The van der Waals surface area contributed by atoms with Gasteiger partial charge >= 0.3 is 6.18 Å². The summed E-state index contributed by atoms with van der Waals surface area (Å²) in [6, 6.07) is 13.1. The van der Waals surface area contributed by atoms with Crippen LogP contribution in [0.4, 0.5) is 13.2 Å². The maximum Gasteiger partial charge on any atom is 0.416 e. The number of nitrogens with one attached hydrogen (secondary N) is 1. The molecular formula is C19H15F3N2O. The molecule has 3 aromatic rings. The Morgan fingerprint density at radius 3 is 2.44 bits per heavy atom. The number of fused-ring (bicyclic) bond motifs is 1. The van der Waals surface area contributed by atoms with Crippen molar-refractivity contribution in [1.82, 2.24) is 10.3 Å². The van der Waals surface area contributed by atoms with Crippen LogP contribution in [0, 0.1) is 0 Å². The zero-order valence-corrected chi connectivity index (χ0v) is 13.3. The Morgan fingerprint density at radius 1 is 1.04 bits per heavy atom. The smallest absolute Gasteiger partial charge is 0.345 e. The first-order valence-electron chi connectivity index (χ1n) is 7.68. The molecule has 1 atom stereocenters. The van der Waals surface area contributed by atoms with Crippen molar-refractivity contribution in [3.05, 3.63) is 77.5 Å². The lowest BCUT2D eigenvalue weighted by atomic mass is 10.0. The highest BCUT2D eigenvalue weighted by Gasteiger charge is 2.30. The molecule has 128 valence electrons. The highest BCUT2D eigenvalue weighted by molar-refractivity contribution is 6.06. The van der Waals surface area contributed by atoms with Crippen molar-refractivity contribution in [2.45, 2.75) is 19.1 Å².